The molecule has 1 aromatic heterocycles. The van der Waals surface area contributed by atoms with Crippen molar-refractivity contribution in [3.8, 4) is 0 Å². The number of anilines is 2. The van der Waals surface area contributed by atoms with Gasteiger partial charge < -0.3 is 20.3 Å². The van der Waals surface area contributed by atoms with Gasteiger partial charge in [-0.2, -0.15) is 0 Å². The van der Waals surface area contributed by atoms with Crippen LogP contribution in [0.15, 0.2) is 72.9 Å². The van der Waals surface area contributed by atoms with E-state index in [1.807, 2.05) is 24.3 Å². The van der Waals surface area contributed by atoms with Crippen LogP contribution in [0.2, 0.25) is 0 Å². The van der Waals surface area contributed by atoms with E-state index in [1.165, 1.54) is 19.2 Å². The lowest BCUT2D eigenvalue weighted by atomic mass is 9.99. The summed E-state index contributed by atoms with van der Waals surface area (Å²) in [4.78, 5) is 42.9. The Labute approximate surface area is 242 Å². The summed E-state index contributed by atoms with van der Waals surface area (Å²) in [7, 11) is 3.38. The van der Waals surface area contributed by atoms with Gasteiger partial charge in [-0.05, 0) is 73.3 Å². The Hall–Kier alpha value is -4.80. The number of benzene rings is 3. The maximum Gasteiger partial charge on any atom is 0.337 e. The van der Waals surface area contributed by atoms with Crippen molar-refractivity contribution >= 4 is 51.3 Å². The summed E-state index contributed by atoms with van der Waals surface area (Å²) in [5, 5.41) is 7.06. The molecular weight excluding hydrogens is 537 g/mol. The number of likely N-dealkylation sites (N-methyl/N-ethyl adjacent to an activating group) is 1. The van der Waals surface area contributed by atoms with E-state index in [0.717, 1.165) is 37.1 Å². The van der Waals surface area contributed by atoms with E-state index < -0.39 is 11.8 Å². The minimum Gasteiger partial charge on any atom is -0.465 e. The second-order valence-corrected chi connectivity index (χ2v) is 10.5. The summed E-state index contributed by atoms with van der Waals surface area (Å²) >= 11 is 0. The summed E-state index contributed by atoms with van der Waals surface area (Å²) in [5.41, 5.74) is 4.29. The number of piperazine rings is 1. The molecule has 0 unspecified atom stereocenters. The summed E-state index contributed by atoms with van der Waals surface area (Å²) < 4.78 is 20.3. The zero-order chi connectivity index (χ0) is 29.4. The van der Waals surface area contributed by atoms with Crippen molar-refractivity contribution in [2.75, 3.05) is 57.5 Å². The van der Waals surface area contributed by atoms with Gasteiger partial charge in [0.25, 0.3) is 5.91 Å². The van der Waals surface area contributed by atoms with Gasteiger partial charge in [0, 0.05) is 49.0 Å². The summed E-state index contributed by atoms with van der Waals surface area (Å²) in [6, 6.07) is 18.3. The number of amides is 1. The van der Waals surface area contributed by atoms with Crippen molar-refractivity contribution in [3.63, 3.8) is 0 Å². The standard InChI is InChI=1S/C32H30FN5O4/c1-36-13-15-37(16-14-36)19-28(39)38-12-11-21-17-24(8-10-27(21)38)34-30(20-3-6-23(33)7-4-20)29-25-9-5-22(32(41)42-2)18-26(25)35-31(29)40/h3-12,17-18,34H,13-16,19H2,1-2H3,(H,35,40)/b30-29-. The fourth-order valence-electron chi connectivity index (χ4n) is 5.42. The summed E-state index contributed by atoms with van der Waals surface area (Å²) in [6.45, 7) is 3.95. The molecule has 1 amide bonds. The molecular formula is C32H30FN5O4. The third-order valence-corrected chi connectivity index (χ3v) is 7.75. The van der Waals surface area contributed by atoms with Crippen LogP contribution < -0.4 is 10.6 Å². The largest absolute Gasteiger partial charge is 0.465 e. The second kappa shape index (κ2) is 11.2. The van der Waals surface area contributed by atoms with Gasteiger partial charge in [-0.25, -0.2) is 9.18 Å². The lowest BCUT2D eigenvalue weighted by Crippen LogP contribution is -2.46. The predicted molar refractivity (Wildman–Crippen MR) is 160 cm³/mol. The van der Waals surface area contributed by atoms with Gasteiger partial charge in [-0.1, -0.05) is 6.07 Å². The number of rotatable bonds is 6. The number of aromatic nitrogens is 1. The number of hydrogen-bond acceptors (Lipinski definition) is 7. The topological polar surface area (TPSA) is 95.9 Å². The first-order valence-corrected chi connectivity index (χ1v) is 13.7. The number of fused-ring (bicyclic) bond motifs is 2. The third-order valence-electron chi connectivity index (χ3n) is 7.75. The molecule has 0 atom stereocenters. The molecule has 0 saturated carbocycles. The Balaban J connectivity index is 1.34. The molecule has 6 rings (SSSR count). The summed E-state index contributed by atoms with van der Waals surface area (Å²) in [5.74, 6) is -1.26. The molecule has 0 aliphatic carbocycles. The monoisotopic (exact) mass is 567 g/mol. The van der Waals surface area contributed by atoms with E-state index in [9.17, 15) is 18.8 Å². The average molecular weight is 568 g/mol. The molecule has 3 heterocycles. The average Bonchev–Trinajstić information content (AvgIpc) is 3.56. The highest BCUT2D eigenvalue weighted by atomic mass is 19.1. The Bertz CT molecular complexity index is 1740. The summed E-state index contributed by atoms with van der Waals surface area (Å²) in [6.07, 6.45) is 1.78. The molecule has 1 fully saturated rings. The molecule has 4 aromatic rings. The van der Waals surface area contributed by atoms with Crippen molar-refractivity contribution in [1.29, 1.82) is 0 Å². The van der Waals surface area contributed by atoms with Crippen LogP contribution in [0.3, 0.4) is 0 Å². The highest BCUT2D eigenvalue weighted by Crippen LogP contribution is 2.38. The number of nitrogens with one attached hydrogen (secondary N) is 2. The molecule has 9 nitrogen and oxygen atoms in total. The fraction of sp³-hybridized carbons (Fsp3) is 0.219. The number of nitrogens with zero attached hydrogens (tertiary/aromatic N) is 3. The predicted octanol–water partition coefficient (Wildman–Crippen LogP) is 4.39. The lowest BCUT2D eigenvalue weighted by Gasteiger charge is -2.31. The maximum absolute atomic E-state index is 13.8. The Morgan fingerprint density at radius 3 is 2.43 bits per heavy atom. The van der Waals surface area contributed by atoms with Gasteiger partial charge >= 0.3 is 5.97 Å². The Kier molecular flexibility index (Phi) is 7.32. The normalized spacial score (nSPS) is 16.7. The van der Waals surface area contributed by atoms with Crippen molar-refractivity contribution in [1.82, 2.24) is 14.4 Å². The second-order valence-electron chi connectivity index (χ2n) is 10.5. The van der Waals surface area contributed by atoms with Gasteiger partial charge in [0.2, 0.25) is 5.91 Å². The zero-order valence-electron chi connectivity index (χ0n) is 23.3. The molecule has 0 bridgehead atoms. The van der Waals surface area contributed by atoms with Crippen molar-refractivity contribution in [2.45, 2.75) is 0 Å². The highest BCUT2D eigenvalue weighted by Gasteiger charge is 2.29. The SMILES string of the molecule is COC(=O)c1ccc2c(c1)NC(=O)/C2=C(\Nc1ccc2c(ccn2C(=O)CN2CCN(C)CC2)c1)c1ccc(F)cc1. The zero-order valence-corrected chi connectivity index (χ0v) is 23.3. The van der Waals surface area contributed by atoms with Gasteiger partial charge in [0.1, 0.15) is 5.82 Å². The molecule has 0 spiro atoms. The van der Waals surface area contributed by atoms with E-state index in [4.69, 9.17) is 4.74 Å². The minimum absolute atomic E-state index is 0.00920. The van der Waals surface area contributed by atoms with Gasteiger partial charge in [-0.15, -0.1) is 0 Å². The minimum atomic E-state index is -0.511. The molecule has 1 saturated heterocycles. The van der Waals surface area contributed by atoms with E-state index >= 15 is 0 Å². The number of carbonyl (C=O) groups excluding carboxylic acids is 3. The van der Waals surface area contributed by atoms with E-state index in [1.54, 1.807) is 41.1 Å². The van der Waals surface area contributed by atoms with Crippen molar-refractivity contribution in [3.05, 3.63) is 95.4 Å². The van der Waals surface area contributed by atoms with Crippen LogP contribution in [0.25, 0.3) is 22.2 Å². The van der Waals surface area contributed by atoms with Crippen LogP contribution in [0.4, 0.5) is 15.8 Å². The maximum atomic E-state index is 13.8. The fourth-order valence-corrected chi connectivity index (χ4v) is 5.42. The number of esters is 1. The van der Waals surface area contributed by atoms with Crippen LogP contribution in [0.5, 0.6) is 0 Å². The lowest BCUT2D eigenvalue weighted by molar-refractivity contribution is -0.110. The molecule has 42 heavy (non-hydrogen) atoms. The van der Waals surface area contributed by atoms with Gasteiger partial charge in [-0.3, -0.25) is 19.1 Å². The van der Waals surface area contributed by atoms with E-state index in [-0.39, 0.29) is 11.8 Å². The number of halogens is 1. The third kappa shape index (κ3) is 5.29. The molecule has 0 radical (unpaired) electrons. The molecule has 10 heteroatoms. The highest BCUT2D eigenvalue weighted by molar-refractivity contribution is 6.37. The van der Waals surface area contributed by atoms with Crippen molar-refractivity contribution in [2.24, 2.45) is 0 Å². The quantitative estimate of drug-likeness (QED) is 0.264. The molecule has 2 N–H and O–H groups in total. The first-order valence-electron chi connectivity index (χ1n) is 13.7. The van der Waals surface area contributed by atoms with Crippen molar-refractivity contribution < 1.29 is 23.5 Å². The molecule has 2 aliphatic rings. The molecule has 2 aliphatic heterocycles. The number of ether oxygens (including phenoxy) is 1. The smallest absolute Gasteiger partial charge is 0.337 e. The van der Waals surface area contributed by atoms with Crippen LogP contribution in [-0.2, 0) is 9.53 Å². The first kappa shape index (κ1) is 27.4. The Morgan fingerprint density at radius 2 is 1.69 bits per heavy atom. The number of carbonyl (C=O) groups is 3. The van der Waals surface area contributed by atoms with Crippen LogP contribution in [-0.4, -0.2) is 79.0 Å². The van der Waals surface area contributed by atoms with Crippen LogP contribution >= 0.6 is 0 Å². The van der Waals surface area contributed by atoms with E-state index in [2.05, 4.69) is 27.5 Å². The van der Waals surface area contributed by atoms with Gasteiger partial charge in [0.05, 0.1) is 41.7 Å². The molecule has 3 aromatic carbocycles. The Morgan fingerprint density at radius 1 is 0.952 bits per heavy atom. The van der Waals surface area contributed by atoms with Gasteiger partial charge in [0.15, 0.2) is 0 Å². The first-order chi connectivity index (χ1) is 20.3. The van der Waals surface area contributed by atoms with E-state index in [0.29, 0.717) is 45.9 Å². The number of hydrogen-bond donors (Lipinski definition) is 2. The van der Waals surface area contributed by atoms with Crippen LogP contribution in [0, 0.1) is 5.82 Å². The van der Waals surface area contributed by atoms with Crippen LogP contribution in [0.1, 0.15) is 26.3 Å². The number of methoxy groups -OCH3 is 1. The molecule has 214 valence electrons.